The van der Waals surface area contributed by atoms with E-state index < -0.39 is 58.3 Å². The highest BCUT2D eigenvalue weighted by molar-refractivity contribution is 6.43. The summed E-state index contributed by atoms with van der Waals surface area (Å²) < 4.78 is 161. The van der Waals surface area contributed by atoms with Crippen LogP contribution in [0.1, 0.15) is 53.1 Å². The van der Waals surface area contributed by atoms with Crippen LogP contribution in [-0.4, -0.2) is 11.4 Å². The fraction of sp³-hybridized carbons (Fsp3) is 0.310. The molecule has 0 saturated heterocycles. The van der Waals surface area contributed by atoms with Gasteiger partial charge in [-0.1, -0.05) is 36.8 Å². The van der Waals surface area contributed by atoms with Crippen molar-refractivity contribution in [2.75, 3.05) is 0 Å². The molecule has 0 N–H and O–H groups in total. The molecule has 3 aromatic carbocycles. The molecule has 43 heavy (non-hydrogen) atoms. The Morgan fingerprint density at radius 1 is 0.535 bits per heavy atom. The lowest BCUT2D eigenvalue weighted by atomic mass is 10.0. The highest BCUT2D eigenvalue weighted by Crippen LogP contribution is 2.40. The highest BCUT2D eigenvalue weighted by atomic mass is 19.4. The lowest BCUT2D eigenvalue weighted by Crippen LogP contribution is -2.15. The Bertz CT molecular complexity index is 1430. The van der Waals surface area contributed by atoms with Crippen LogP contribution in [0.5, 0.6) is 0 Å². The Hall–Kier alpha value is -3.84. The second kappa shape index (κ2) is 12.4. The van der Waals surface area contributed by atoms with Gasteiger partial charge in [0.2, 0.25) is 0 Å². The number of hydrogen-bond acceptors (Lipinski definition) is 2. The third-order valence-electron chi connectivity index (χ3n) is 6.11. The lowest BCUT2D eigenvalue weighted by Gasteiger charge is -2.15. The molecule has 0 aliphatic rings. The predicted octanol–water partition coefficient (Wildman–Crippen LogP) is 11.0. The second-order valence-electron chi connectivity index (χ2n) is 9.48. The van der Waals surface area contributed by atoms with Crippen molar-refractivity contribution in [2.45, 2.75) is 57.8 Å². The molecule has 2 nitrogen and oxygen atoms in total. The zero-order valence-corrected chi connectivity index (χ0v) is 22.3. The summed E-state index contributed by atoms with van der Waals surface area (Å²) in [6.45, 7) is 3.21. The van der Waals surface area contributed by atoms with Gasteiger partial charge in [-0.2, -0.15) is 52.7 Å². The highest BCUT2D eigenvalue weighted by Gasteiger charge is 2.38. The van der Waals surface area contributed by atoms with E-state index in [9.17, 15) is 52.7 Å². The van der Waals surface area contributed by atoms with Crippen molar-refractivity contribution >= 4 is 22.8 Å². The van der Waals surface area contributed by atoms with Crippen LogP contribution in [0.2, 0.25) is 0 Å². The number of hydrogen-bond donors (Lipinski definition) is 0. The maximum Gasteiger partial charge on any atom is 0.416 e. The van der Waals surface area contributed by atoms with Gasteiger partial charge < -0.3 is 0 Å². The minimum Gasteiger partial charge on any atom is -0.252 e. The molecule has 0 bridgehead atoms. The van der Waals surface area contributed by atoms with E-state index in [0.717, 1.165) is 5.56 Å². The van der Waals surface area contributed by atoms with Crippen molar-refractivity contribution in [3.8, 4) is 0 Å². The van der Waals surface area contributed by atoms with Crippen molar-refractivity contribution in [1.82, 2.24) is 0 Å². The quantitative estimate of drug-likeness (QED) is 0.184. The monoisotopic (exact) mass is 626 g/mol. The summed E-state index contributed by atoms with van der Waals surface area (Å²) in [5, 5.41) is 0. The summed E-state index contributed by atoms with van der Waals surface area (Å²) in [4.78, 5) is 7.92. The van der Waals surface area contributed by atoms with Crippen LogP contribution in [0.15, 0.2) is 70.6 Å². The van der Waals surface area contributed by atoms with Crippen LogP contribution in [0, 0.1) is 6.92 Å². The van der Waals surface area contributed by atoms with Crippen molar-refractivity contribution in [3.63, 3.8) is 0 Å². The molecule has 3 aromatic rings. The molecule has 0 heterocycles. The zero-order chi connectivity index (χ0) is 32.4. The summed E-state index contributed by atoms with van der Waals surface area (Å²) in [6.07, 6.45) is -20.9. The van der Waals surface area contributed by atoms with E-state index in [-0.39, 0.29) is 42.8 Å². The van der Waals surface area contributed by atoms with E-state index in [1.165, 1.54) is 6.92 Å². The lowest BCUT2D eigenvalue weighted by molar-refractivity contribution is -0.144. The minimum absolute atomic E-state index is 0.0961. The smallest absolute Gasteiger partial charge is 0.252 e. The summed E-state index contributed by atoms with van der Waals surface area (Å²) in [6, 6.07) is 8.12. The van der Waals surface area contributed by atoms with Gasteiger partial charge in [0.05, 0.1) is 45.1 Å². The fourth-order valence-electron chi connectivity index (χ4n) is 3.95. The largest absolute Gasteiger partial charge is 0.416 e. The number of aliphatic imine (C=N–C) groups is 2. The van der Waals surface area contributed by atoms with Crippen molar-refractivity contribution in [1.29, 1.82) is 0 Å². The molecule has 0 atom stereocenters. The van der Waals surface area contributed by atoms with Crippen LogP contribution in [0.3, 0.4) is 0 Å². The van der Waals surface area contributed by atoms with E-state index in [1.54, 1.807) is 31.2 Å². The molecule has 0 unspecified atom stereocenters. The van der Waals surface area contributed by atoms with E-state index in [2.05, 4.69) is 9.98 Å². The van der Waals surface area contributed by atoms with Gasteiger partial charge in [0, 0.05) is 0 Å². The number of nitrogens with zero attached hydrogens (tertiary/aromatic N) is 2. The van der Waals surface area contributed by atoms with Gasteiger partial charge >= 0.3 is 24.7 Å². The number of halogens is 12. The Morgan fingerprint density at radius 3 is 1.21 bits per heavy atom. The molecular formula is C29H22F12N2. The molecule has 232 valence electrons. The van der Waals surface area contributed by atoms with Crippen molar-refractivity contribution in [3.05, 3.63) is 94.0 Å². The molecule has 0 radical (unpaired) electrons. The van der Waals surface area contributed by atoms with Gasteiger partial charge in [0.25, 0.3) is 0 Å². The standard InChI is InChI=1S/C29H22F12N2/c1-3-24(42-22-12-18(26(30,31)32)10-19(13-22)27(33,34)35)25(9-8-17-6-4-16(2)5-7-17)43-23-14-20(28(36,37)38)11-21(15-23)29(39,40)41/h4-7,10-15H,3,8-9H2,1-2H3. The van der Waals surface area contributed by atoms with Crippen LogP contribution in [0.25, 0.3) is 0 Å². The summed E-state index contributed by atoms with van der Waals surface area (Å²) in [5.74, 6) is 0. The molecule has 3 rings (SSSR count). The Morgan fingerprint density at radius 2 is 0.884 bits per heavy atom. The van der Waals surface area contributed by atoms with Crippen molar-refractivity contribution in [2.24, 2.45) is 9.98 Å². The van der Waals surface area contributed by atoms with Gasteiger partial charge in [-0.25, -0.2) is 0 Å². The van der Waals surface area contributed by atoms with Gasteiger partial charge in [0.1, 0.15) is 0 Å². The number of aryl methyl sites for hydroxylation is 2. The van der Waals surface area contributed by atoms with E-state index in [0.29, 0.717) is 29.8 Å². The van der Waals surface area contributed by atoms with Gasteiger partial charge in [-0.05, 0) is 68.1 Å². The Kier molecular flexibility index (Phi) is 9.71. The first-order valence-corrected chi connectivity index (χ1v) is 12.5. The molecule has 0 saturated carbocycles. The summed E-state index contributed by atoms with van der Waals surface area (Å²) in [5.41, 5.74) is -7.04. The van der Waals surface area contributed by atoms with Gasteiger partial charge in [-0.15, -0.1) is 0 Å². The Balaban J connectivity index is 2.24. The van der Waals surface area contributed by atoms with Crippen LogP contribution in [-0.2, 0) is 31.1 Å². The Labute approximate surface area is 237 Å². The van der Waals surface area contributed by atoms with Gasteiger partial charge in [-0.3, -0.25) is 9.98 Å². The molecule has 14 heteroatoms. The van der Waals surface area contributed by atoms with Crippen molar-refractivity contribution < 1.29 is 52.7 Å². The third kappa shape index (κ3) is 9.32. The average molecular weight is 626 g/mol. The van der Waals surface area contributed by atoms with Gasteiger partial charge in [0.15, 0.2) is 0 Å². The predicted molar refractivity (Wildman–Crippen MR) is 137 cm³/mol. The van der Waals surface area contributed by atoms with Crippen LogP contribution >= 0.6 is 0 Å². The van der Waals surface area contributed by atoms with E-state index >= 15 is 0 Å². The molecule has 0 aliphatic heterocycles. The molecule has 0 fully saturated rings. The first kappa shape index (κ1) is 33.7. The summed E-state index contributed by atoms with van der Waals surface area (Å²) >= 11 is 0. The second-order valence-corrected chi connectivity index (χ2v) is 9.48. The number of benzene rings is 3. The minimum atomic E-state index is -5.18. The first-order chi connectivity index (χ1) is 19.7. The molecule has 0 amide bonds. The molecular weight excluding hydrogens is 604 g/mol. The maximum atomic E-state index is 13.4. The first-order valence-electron chi connectivity index (χ1n) is 12.5. The third-order valence-corrected chi connectivity index (χ3v) is 6.11. The topological polar surface area (TPSA) is 24.7 Å². The van der Waals surface area contributed by atoms with E-state index in [4.69, 9.17) is 0 Å². The zero-order valence-electron chi connectivity index (χ0n) is 22.3. The van der Waals surface area contributed by atoms with Crippen LogP contribution < -0.4 is 0 Å². The normalized spacial score (nSPS) is 13.9. The maximum absolute atomic E-state index is 13.4. The fourth-order valence-corrected chi connectivity index (χ4v) is 3.95. The number of alkyl halides is 12. The molecule has 0 aromatic heterocycles. The SMILES string of the molecule is CCC(=Nc1cc(C(F)(F)F)cc(C(F)(F)F)c1)C(CCc1ccc(C)cc1)=Nc1cc(C(F)(F)F)cc(C(F)(F)F)c1. The molecule has 0 spiro atoms. The summed E-state index contributed by atoms with van der Waals surface area (Å²) in [7, 11) is 0. The number of rotatable bonds is 7. The average Bonchev–Trinajstić information content (AvgIpc) is 2.88. The molecule has 0 aliphatic carbocycles. The van der Waals surface area contributed by atoms with Crippen LogP contribution in [0.4, 0.5) is 64.1 Å². The van der Waals surface area contributed by atoms with E-state index in [1.807, 2.05) is 0 Å².